The highest BCUT2D eigenvalue weighted by atomic mass is 19.3. The Labute approximate surface area is 121 Å². The zero-order chi connectivity index (χ0) is 15.2. The number of benzene rings is 1. The van der Waals surface area contributed by atoms with Crippen LogP contribution in [-0.4, -0.2) is 36.9 Å². The Morgan fingerprint density at radius 3 is 2.64 bits per heavy atom. The third-order valence-electron chi connectivity index (χ3n) is 2.94. The van der Waals surface area contributed by atoms with Gasteiger partial charge in [0, 0.05) is 5.56 Å². The largest absolute Gasteiger partial charge is 0.586 e. The number of aromatic amines is 1. The van der Waals surface area contributed by atoms with E-state index >= 15 is 0 Å². The lowest BCUT2D eigenvalue weighted by atomic mass is 10.1. The number of rotatable bonds is 2. The topological polar surface area (TPSA) is 98.7 Å². The lowest BCUT2D eigenvalue weighted by molar-refractivity contribution is -0.286. The van der Waals surface area contributed by atoms with Crippen molar-refractivity contribution in [1.82, 2.24) is 30.6 Å². The highest BCUT2D eigenvalue weighted by molar-refractivity contribution is 5.67. The van der Waals surface area contributed by atoms with Gasteiger partial charge >= 0.3 is 6.29 Å². The minimum Gasteiger partial charge on any atom is -0.395 e. The van der Waals surface area contributed by atoms with E-state index < -0.39 is 6.29 Å². The number of hydrogen-bond donors (Lipinski definition) is 1. The maximum absolute atomic E-state index is 13.0. The molecule has 10 heteroatoms. The summed E-state index contributed by atoms with van der Waals surface area (Å²) in [5, 5.41) is 13.4. The normalized spacial score (nSPS) is 15.0. The zero-order valence-electron chi connectivity index (χ0n) is 10.7. The Kier molecular flexibility index (Phi) is 2.52. The van der Waals surface area contributed by atoms with Gasteiger partial charge in [-0.3, -0.25) is 0 Å². The van der Waals surface area contributed by atoms with Gasteiger partial charge in [0.25, 0.3) is 0 Å². The number of ether oxygens (including phenoxy) is 2. The van der Waals surface area contributed by atoms with Crippen LogP contribution in [0.3, 0.4) is 0 Å². The Hall–Kier alpha value is -3.17. The monoisotopic (exact) mass is 304 g/mol. The van der Waals surface area contributed by atoms with E-state index in [0.29, 0.717) is 22.8 Å². The van der Waals surface area contributed by atoms with E-state index in [1.54, 1.807) is 12.1 Å². The van der Waals surface area contributed by atoms with E-state index in [4.69, 9.17) is 0 Å². The first-order valence-electron chi connectivity index (χ1n) is 6.07. The molecule has 0 radical (unpaired) electrons. The zero-order valence-corrected chi connectivity index (χ0v) is 10.7. The Morgan fingerprint density at radius 2 is 1.82 bits per heavy atom. The Morgan fingerprint density at radius 1 is 1.00 bits per heavy atom. The SMILES string of the molecule is FC1(F)Oc2ccc(-c3cc(-c4nn[nH]n4)ncn3)cc2O1. The molecule has 0 bridgehead atoms. The number of fused-ring (bicyclic) bond motifs is 1. The second-order valence-electron chi connectivity index (χ2n) is 4.35. The maximum Gasteiger partial charge on any atom is 0.586 e. The van der Waals surface area contributed by atoms with Crippen molar-refractivity contribution < 1.29 is 18.3 Å². The third kappa shape index (κ3) is 2.10. The fraction of sp³-hybridized carbons (Fsp3) is 0.0833. The molecule has 0 aliphatic carbocycles. The van der Waals surface area contributed by atoms with Gasteiger partial charge < -0.3 is 9.47 Å². The first-order chi connectivity index (χ1) is 10.6. The molecule has 22 heavy (non-hydrogen) atoms. The second kappa shape index (κ2) is 4.41. The summed E-state index contributed by atoms with van der Waals surface area (Å²) in [5.41, 5.74) is 1.50. The number of tetrazole rings is 1. The highest BCUT2D eigenvalue weighted by Gasteiger charge is 2.43. The van der Waals surface area contributed by atoms with Gasteiger partial charge in [-0.05, 0) is 29.5 Å². The van der Waals surface area contributed by atoms with Crippen molar-refractivity contribution in [3.05, 3.63) is 30.6 Å². The fourth-order valence-corrected chi connectivity index (χ4v) is 2.02. The molecular formula is C12H6F2N6O2. The molecule has 3 heterocycles. The van der Waals surface area contributed by atoms with Gasteiger partial charge in [0.1, 0.15) is 12.0 Å². The molecule has 0 saturated heterocycles. The summed E-state index contributed by atoms with van der Waals surface area (Å²) >= 11 is 0. The molecular weight excluding hydrogens is 298 g/mol. The molecule has 110 valence electrons. The lowest BCUT2D eigenvalue weighted by Crippen LogP contribution is -2.25. The molecule has 3 aromatic rings. The summed E-state index contributed by atoms with van der Waals surface area (Å²) in [6, 6.07) is 6.01. The van der Waals surface area contributed by atoms with E-state index in [-0.39, 0.29) is 11.5 Å². The molecule has 0 saturated carbocycles. The van der Waals surface area contributed by atoms with Gasteiger partial charge in [-0.2, -0.15) is 5.21 Å². The van der Waals surface area contributed by atoms with Crippen molar-refractivity contribution in [2.24, 2.45) is 0 Å². The third-order valence-corrected chi connectivity index (χ3v) is 2.94. The van der Waals surface area contributed by atoms with Crippen molar-refractivity contribution in [2.45, 2.75) is 6.29 Å². The van der Waals surface area contributed by atoms with Gasteiger partial charge in [0.15, 0.2) is 11.5 Å². The van der Waals surface area contributed by atoms with Crippen LogP contribution in [-0.2, 0) is 0 Å². The number of hydrogen-bond acceptors (Lipinski definition) is 7. The average Bonchev–Trinajstić information content (AvgIpc) is 3.12. The van der Waals surface area contributed by atoms with Gasteiger partial charge in [-0.1, -0.05) is 0 Å². The second-order valence-corrected chi connectivity index (χ2v) is 4.35. The molecule has 4 rings (SSSR count). The number of nitrogens with one attached hydrogen (secondary N) is 1. The van der Waals surface area contributed by atoms with E-state index in [0.717, 1.165) is 0 Å². The van der Waals surface area contributed by atoms with Crippen LogP contribution in [0.1, 0.15) is 0 Å². The molecule has 1 aromatic carbocycles. The summed E-state index contributed by atoms with van der Waals surface area (Å²) in [6.45, 7) is 0. The maximum atomic E-state index is 13.0. The van der Waals surface area contributed by atoms with E-state index in [9.17, 15) is 8.78 Å². The minimum atomic E-state index is -3.65. The fourth-order valence-electron chi connectivity index (χ4n) is 2.02. The number of nitrogens with zero attached hydrogens (tertiary/aromatic N) is 5. The Bertz CT molecular complexity index is 839. The summed E-state index contributed by atoms with van der Waals surface area (Å²) in [4.78, 5) is 8.13. The van der Waals surface area contributed by atoms with Crippen LogP contribution in [0.15, 0.2) is 30.6 Å². The molecule has 1 N–H and O–H groups in total. The molecule has 1 aliphatic rings. The van der Waals surface area contributed by atoms with Gasteiger partial charge in [0.2, 0.25) is 5.82 Å². The minimum absolute atomic E-state index is 0.0267. The van der Waals surface area contributed by atoms with E-state index in [1.807, 2.05) is 0 Å². The van der Waals surface area contributed by atoms with Gasteiger partial charge in [-0.25, -0.2) is 9.97 Å². The van der Waals surface area contributed by atoms with Crippen LogP contribution in [0, 0.1) is 0 Å². The number of aromatic nitrogens is 6. The quantitative estimate of drug-likeness (QED) is 0.768. The average molecular weight is 304 g/mol. The standard InChI is InChI=1S/C12H6F2N6O2/c13-12(14)21-9-2-1-6(3-10(9)22-12)7-4-8(16-5-15-7)11-17-19-20-18-11/h1-5H,(H,17,18,19,20). The van der Waals surface area contributed by atoms with Crippen LogP contribution in [0.25, 0.3) is 22.8 Å². The van der Waals surface area contributed by atoms with Gasteiger partial charge in [-0.15, -0.1) is 19.0 Å². The van der Waals surface area contributed by atoms with Crippen LogP contribution in [0.2, 0.25) is 0 Å². The number of alkyl halides is 2. The van der Waals surface area contributed by atoms with Crippen LogP contribution >= 0.6 is 0 Å². The molecule has 0 amide bonds. The Balaban J connectivity index is 1.73. The van der Waals surface area contributed by atoms with E-state index in [2.05, 4.69) is 40.1 Å². The summed E-state index contributed by atoms with van der Waals surface area (Å²) < 4.78 is 34.8. The van der Waals surface area contributed by atoms with Gasteiger partial charge in [0.05, 0.1) is 5.69 Å². The summed E-state index contributed by atoms with van der Waals surface area (Å²) in [7, 11) is 0. The molecule has 0 fully saturated rings. The van der Waals surface area contributed by atoms with Crippen molar-refractivity contribution in [3.8, 4) is 34.3 Å². The predicted molar refractivity (Wildman–Crippen MR) is 66.8 cm³/mol. The van der Waals surface area contributed by atoms with Crippen LogP contribution < -0.4 is 9.47 Å². The molecule has 0 unspecified atom stereocenters. The summed E-state index contributed by atoms with van der Waals surface area (Å²) in [5.74, 6) is 0.222. The van der Waals surface area contributed by atoms with Crippen molar-refractivity contribution >= 4 is 0 Å². The molecule has 0 spiro atoms. The molecule has 0 atom stereocenters. The molecule has 8 nitrogen and oxygen atoms in total. The highest BCUT2D eigenvalue weighted by Crippen LogP contribution is 2.42. The first kappa shape index (κ1) is 12.6. The number of halogens is 2. The number of H-pyrrole nitrogens is 1. The summed E-state index contributed by atoms with van der Waals surface area (Å²) in [6.07, 6.45) is -2.33. The lowest BCUT2D eigenvalue weighted by Gasteiger charge is -2.04. The van der Waals surface area contributed by atoms with Crippen LogP contribution in [0.5, 0.6) is 11.5 Å². The predicted octanol–water partition coefficient (Wildman–Crippen LogP) is 1.65. The van der Waals surface area contributed by atoms with Crippen molar-refractivity contribution in [1.29, 1.82) is 0 Å². The van der Waals surface area contributed by atoms with E-state index in [1.165, 1.54) is 18.5 Å². The molecule has 2 aromatic heterocycles. The van der Waals surface area contributed by atoms with Crippen molar-refractivity contribution in [2.75, 3.05) is 0 Å². The van der Waals surface area contributed by atoms with Crippen LogP contribution in [0.4, 0.5) is 8.78 Å². The molecule has 1 aliphatic heterocycles. The van der Waals surface area contributed by atoms with Crippen molar-refractivity contribution in [3.63, 3.8) is 0 Å². The smallest absolute Gasteiger partial charge is 0.395 e. The first-order valence-corrected chi connectivity index (χ1v) is 6.07.